The summed E-state index contributed by atoms with van der Waals surface area (Å²) in [6.45, 7) is 0.674. The fourth-order valence-corrected chi connectivity index (χ4v) is 1.64. The molecule has 0 saturated carbocycles. The van der Waals surface area contributed by atoms with E-state index in [1.165, 1.54) is 6.07 Å². The maximum Gasteiger partial charge on any atom is 0.163 e. The average Bonchev–Trinajstić information content (AvgIpc) is 2.72. The van der Waals surface area contributed by atoms with Gasteiger partial charge < -0.3 is 10.3 Å². The van der Waals surface area contributed by atoms with Crippen molar-refractivity contribution in [2.75, 3.05) is 0 Å². The molecule has 2 rings (SSSR count). The Kier molecular flexibility index (Phi) is 3.01. The van der Waals surface area contributed by atoms with Crippen molar-refractivity contribution in [1.82, 2.24) is 4.57 Å². The van der Waals surface area contributed by atoms with Crippen molar-refractivity contribution in [3.05, 3.63) is 59.4 Å². The molecule has 0 aliphatic carbocycles. The molecule has 1 aromatic heterocycles. The number of nitrogens with zero attached hydrogens (tertiary/aromatic N) is 1. The van der Waals surface area contributed by atoms with Gasteiger partial charge in [0.05, 0.1) is 6.54 Å². The van der Waals surface area contributed by atoms with Crippen molar-refractivity contribution in [2.24, 2.45) is 5.73 Å². The smallest absolute Gasteiger partial charge is 0.163 e. The quantitative estimate of drug-likeness (QED) is 0.848. The first-order valence-electron chi connectivity index (χ1n) is 4.99. The third kappa shape index (κ3) is 1.97. The lowest BCUT2D eigenvalue weighted by Gasteiger charge is -2.08. The first-order valence-corrected chi connectivity index (χ1v) is 4.99. The zero-order chi connectivity index (χ0) is 11.5. The number of aromatic nitrogens is 1. The summed E-state index contributed by atoms with van der Waals surface area (Å²) >= 11 is 0. The molecule has 0 unspecified atom stereocenters. The van der Waals surface area contributed by atoms with Gasteiger partial charge in [-0.25, -0.2) is 8.78 Å². The van der Waals surface area contributed by atoms with Crippen LogP contribution in [0.5, 0.6) is 0 Å². The number of nitrogens with two attached hydrogens (primary N) is 1. The first kappa shape index (κ1) is 10.8. The van der Waals surface area contributed by atoms with Gasteiger partial charge in [-0.05, 0) is 18.2 Å². The predicted octanol–water partition coefficient (Wildman–Crippen LogP) is 2.27. The number of rotatable bonds is 3. The summed E-state index contributed by atoms with van der Waals surface area (Å²) in [6.07, 6.45) is 1.80. The van der Waals surface area contributed by atoms with Crippen molar-refractivity contribution in [3.63, 3.8) is 0 Å². The number of halogens is 2. The van der Waals surface area contributed by atoms with Gasteiger partial charge in [0.1, 0.15) is 0 Å². The summed E-state index contributed by atoms with van der Waals surface area (Å²) in [5.41, 5.74) is 6.75. The Labute approximate surface area is 92.3 Å². The highest BCUT2D eigenvalue weighted by atomic mass is 19.2. The zero-order valence-electron chi connectivity index (χ0n) is 8.66. The van der Waals surface area contributed by atoms with Crippen LogP contribution < -0.4 is 5.73 Å². The average molecular weight is 222 g/mol. The van der Waals surface area contributed by atoms with Crippen molar-refractivity contribution in [2.45, 2.75) is 13.1 Å². The minimum absolute atomic E-state index is 0.295. The van der Waals surface area contributed by atoms with Gasteiger partial charge >= 0.3 is 0 Å². The van der Waals surface area contributed by atoms with Crippen molar-refractivity contribution in [1.29, 1.82) is 0 Å². The Hall–Kier alpha value is -1.68. The second-order valence-corrected chi connectivity index (χ2v) is 3.54. The topological polar surface area (TPSA) is 30.9 Å². The Bertz CT molecular complexity index is 492. The van der Waals surface area contributed by atoms with Crippen molar-refractivity contribution >= 4 is 0 Å². The molecule has 0 aliphatic heterocycles. The molecule has 84 valence electrons. The minimum Gasteiger partial charge on any atom is -0.346 e. The van der Waals surface area contributed by atoms with Crippen LogP contribution in [0, 0.1) is 11.6 Å². The summed E-state index contributed by atoms with van der Waals surface area (Å²) in [5, 5.41) is 0. The molecule has 0 amide bonds. The highest BCUT2D eigenvalue weighted by molar-refractivity contribution is 5.20. The molecule has 2 aromatic rings. The van der Waals surface area contributed by atoms with E-state index < -0.39 is 11.6 Å². The van der Waals surface area contributed by atoms with E-state index in [1.54, 1.807) is 16.8 Å². The van der Waals surface area contributed by atoms with E-state index >= 15 is 0 Å². The SMILES string of the molecule is NCc1cccn1Cc1cccc(F)c1F. The molecule has 1 aromatic carbocycles. The van der Waals surface area contributed by atoms with Crippen LogP contribution >= 0.6 is 0 Å². The molecule has 0 bridgehead atoms. The second kappa shape index (κ2) is 4.45. The molecule has 0 radical (unpaired) electrons. The van der Waals surface area contributed by atoms with Gasteiger partial charge in [-0.1, -0.05) is 12.1 Å². The van der Waals surface area contributed by atoms with Crippen LogP contribution in [0.2, 0.25) is 0 Å². The van der Waals surface area contributed by atoms with Gasteiger partial charge in [0.2, 0.25) is 0 Å². The monoisotopic (exact) mass is 222 g/mol. The van der Waals surface area contributed by atoms with E-state index in [-0.39, 0.29) is 0 Å². The van der Waals surface area contributed by atoms with Crippen molar-refractivity contribution < 1.29 is 8.78 Å². The Morgan fingerprint density at radius 3 is 2.69 bits per heavy atom. The van der Waals surface area contributed by atoms with Crippen LogP contribution in [-0.4, -0.2) is 4.57 Å². The van der Waals surface area contributed by atoms with Gasteiger partial charge in [0.25, 0.3) is 0 Å². The molecular weight excluding hydrogens is 210 g/mol. The van der Waals surface area contributed by atoms with Crippen LogP contribution in [-0.2, 0) is 13.1 Å². The fraction of sp³-hybridized carbons (Fsp3) is 0.167. The molecule has 0 fully saturated rings. The molecule has 16 heavy (non-hydrogen) atoms. The molecule has 2 nitrogen and oxygen atoms in total. The lowest BCUT2D eigenvalue weighted by molar-refractivity contribution is 0.494. The van der Waals surface area contributed by atoms with Gasteiger partial charge in [0.15, 0.2) is 11.6 Å². The van der Waals surface area contributed by atoms with Crippen LogP contribution in [0.15, 0.2) is 36.5 Å². The number of hydrogen-bond acceptors (Lipinski definition) is 1. The van der Waals surface area contributed by atoms with Crippen LogP contribution in [0.4, 0.5) is 8.78 Å². The van der Waals surface area contributed by atoms with E-state index in [2.05, 4.69) is 0 Å². The lowest BCUT2D eigenvalue weighted by Crippen LogP contribution is -2.08. The third-order valence-corrected chi connectivity index (χ3v) is 2.50. The predicted molar refractivity (Wildman–Crippen MR) is 57.8 cm³/mol. The number of benzene rings is 1. The van der Waals surface area contributed by atoms with E-state index in [0.29, 0.717) is 18.7 Å². The largest absolute Gasteiger partial charge is 0.346 e. The molecular formula is C12H12F2N2. The van der Waals surface area contributed by atoms with Crippen LogP contribution in [0.3, 0.4) is 0 Å². The maximum absolute atomic E-state index is 13.4. The second-order valence-electron chi connectivity index (χ2n) is 3.54. The summed E-state index contributed by atoms with van der Waals surface area (Å²) in [5.74, 6) is -1.61. The minimum atomic E-state index is -0.820. The molecule has 1 heterocycles. The zero-order valence-corrected chi connectivity index (χ0v) is 8.66. The van der Waals surface area contributed by atoms with Gasteiger partial charge in [-0.3, -0.25) is 0 Å². The van der Waals surface area contributed by atoms with E-state index in [1.807, 2.05) is 12.1 Å². The van der Waals surface area contributed by atoms with Crippen LogP contribution in [0.25, 0.3) is 0 Å². The number of hydrogen-bond donors (Lipinski definition) is 1. The van der Waals surface area contributed by atoms with Gasteiger partial charge in [-0.2, -0.15) is 0 Å². The summed E-state index contributed by atoms with van der Waals surface area (Å²) < 4.78 is 28.2. The van der Waals surface area contributed by atoms with E-state index in [9.17, 15) is 8.78 Å². The fourth-order valence-electron chi connectivity index (χ4n) is 1.64. The Morgan fingerprint density at radius 1 is 1.12 bits per heavy atom. The Balaban J connectivity index is 2.30. The van der Waals surface area contributed by atoms with Crippen LogP contribution in [0.1, 0.15) is 11.3 Å². The van der Waals surface area contributed by atoms with Crippen molar-refractivity contribution in [3.8, 4) is 0 Å². The van der Waals surface area contributed by atoms with Gasteiger partial charge in [0, 0.05) is 24.0 Å². The molecule has 0 aliphatic rings. The molecule has 0 spiro atoms. The molecule has 0 saturated heterocycles. The summed E-state index contributed by atoms with van der Waals surface area (Å²) in [4.78, 5) is 0. The van der Waals surface area contributed by atoms with E-state index in [4.69, 9.17) is 5.73 Å². The Morgan fingerprint density at radius 2 is 1.94 bits per heavy atom. The normalized spacial score (nSPS) is 10.7. The molecule has 4 heteroatoms. The maximum atomic E-state index is 13.4. The summed E-state index contributed by atoms with van der Waals surface area (Å²) in [7, 11) is 0. The first-order chi connectivity index (χ1) is 7.72. The standard InChI is InChI=1S/C12H12F2N2/c13-11-5-1-3-9(12(11)14)8-16-6-2-4-10(16)7-15/h1-6H,7-8,15H2. The van der Waals surface area contributed by atoms with Gasteiger partial charge in [-0.15, -0.1) is 0 Å². The highest BCUT2D eigenvalue weighted by Crippen LogP contribution is 2.14. The summed E-state index contributed by atoms with van der Waals surface area (Å²) in [6, 6.07) is 7.87. The highest BCUT2D eigenvalue weighted by Gasteiger charge is 2.08. The lowest BCUT2D eigenvalue weighted by atomic mass is 10.2. The van der Waals surface area contributed by atoms with E-state index in [0.717, 1.165) is 11.8 Å². The third-order valence-electron chi connectivity index (χ3n) is 2.50. The molecule has 0 atom stereocenters. The molecule has 2 N–H and O–H groups in total.